The normalized spacial score (nSPS) is 19.8. The smallest absolute Gasteiger partial charge is 0.232 e. The first-order valence-corrected chi connectivity index (χ1v) is 7.36. The topological polar surface area (TPSA) is 46.3 Å². The van der Waals surface area contributed by atoms with Crippen LogP contribution in [0.5, 0.6) is 0 Å². The molecule has 94 valence electrons. The maximum atomic E-state index is 11.8. The Morgan fingerprint density at radius 2 is 2.12 bits per heavy atom. The Kier molecular flexibility index (Phi) is 6.21. The van der Waals surface area contributed by atoms with Gasteiger partial charge in [-0.15, -0.1) is 0 Å². The van der Waals surface area contributed by atoms with Crippen molar-refractivity contribution in [1.82, 2.24) is 4.90 Å². The Morgan fingerprint density at radius 1 is 1.50 bits per heavy atom. The highest BCUT2D eigenvalue weighted by molar-refractivity contribution is 7.99. The summed E-state index contributed by atoms with van der Waals surface area (Å²) in [6, 6.07) is 0.249. The fourth-order valence-electron chi connectivity index (χ4n) is 1.78. The molecule has 0 aromatic carbocycles. The lowest BCUT2D eigenvalue weighted by atomic mass is 9.99. The largest absolute Gasteiger partial charge is 0.342 e. The van der Waals surface area contributed by atoms with E-state index in [1.807, 2.05) is 11.8 Å². The molecule has 1 amide bonds. The Morgan fingerprint density at radius 3 is 2.69 bits per heavy atom. The number of hydrogen-bond donors (Lipinski definition) is 1. The third-order valence-corrected chi connectivity index (χ3v) is 4.05. The number of piperidine rings is 1. The molecule has 0 aliphatic carbocycles. The number of carbonyl (C=O) groups excluding carboxylic acids is 1. The van der Waals surface area contributed by atoms with Gasteiger partial charge in [-0.3, -0.25) is 4.79 Å². The zero-order chi connectivity index (χ0) is 12.0. The summed E-state index contributed by atoms with van der Waals surface area (Å²) in [5.41, 5.74) is 5.66. The molecule has 1 aliphatic heterocycles. The van der Waals surface area contributed by atoms with Crippen molar-refractivity contribution < 1.29 is 4.79 Å². The van der Waals surface area contributed by atoms with Crippen LogP contribution in [-0.2, 0) is 4.79 Å². The van der Waals surface area contributed by atoms with Crippen LogP contribution in [0.15, 0.2) is 0 Å². The predicted octanol–water partition coefficient (Wildman–Crippen LogP) is 1.72. The summed E-state index contributed by atoms with van der Waals surface area (Å²) in [5.74, 6) is 2.71. The van der Waals surface area contributed by atoms with E-state index < -0.39 is 0 Å². The third kappa shape index (κ3) is 5.21. The molecule has 1 aliphatic rings. The van der Waals surface area contributed by atoms with E-state index in [0.717, 1.165) is 44.0 Å². The van der Waals surface area contributed by atoms with Crippen LogP contribution in [0.2, 0.25) is 0 Å². The van der Waals surface area contributed by atoms with Gasteiger partial charge in [0.2, 0.25) is 5.91 Å². The molecule has 1 rings (SSSR count). The highest BCUT2D eigenvalue weighted by atomic mass is 32.2. The minimum absolute atomic E-state index is 0.249. The lowest BCUT2D eigenvalue weighted by molar-refractivity contribution is -0.129. The fraction of sp³-hybridized carbons (Fsp3) is 0.917. The van der Waals surface area contributed by atoms with Gasteiger partial charge in [0, 0.05) is 19.1 Å². The van der Waals surface area contributed by atoms with Gasteiger partial charge in [0.25, 0.3) is 0 Å². The third-order valence-electron chi connectivity index (χ3n) is 3.08. The van der Waals surface area contributed by atoms with Crippen molar-refractivity contribution in [2.45, 2.75) is 39.2 Å². The number of rotatable bonds is 5. The van der Waals surface area contributed by atoms with Gasteiger partial charge >= 0.3 is 0 Å². The van der Waals surface area contributed by atoms with E-state index in [2.05, 4.69) is 6.92 Å². The molecule has 0 radical (unpaired) electrons. The monoisotopic (exact) mass is 244 g/mol. The lowest BCUT2D eigenvalue weighted by Crippen LogP contribution is -2.39. The summed E-state index contributed by atoms with van der Waals surface area (Å²) in [6.45, 7) is 6.18. The van der Waals surface area contributed by atoms with Crippen LogP contribution in [0.3, 0.4) is 0 Å². The molecule has 3 nitrogen and oxygen atoms in total. The number of amides is 1. The number of nitrogens with two attached hydrogens (primary N) is 1. The lowest BCUT2D eigenvalue weighted by Gasteiger charge is -2.30. The first-order valence-electron chi connectivity index (χ1n) is 6.20. The SMILES string of the molecule is CC(N)CCSCC(=O)N1CCC(C)CC1. The Balaban J connectivity index is 2.10. The molecule has 16 heavy (non-hydrogen) atoms. The molecule has 0 spiro atoms. The van der Waals surface area contributed by atoms with Crippen molar-refractivity contribution in [3.63, 3.8) is 0 Å². The molecule has 4 heteroatoms. The van der Waals surface area contributed by atoms with E-state index in [1.54, 1.807) is 11.8 Å². The van der Waals surface area contributed by atoms with Gasteiger partial charge in [0.15, 0.2) is 0 Å². The molecule has 1 unspecified atom stereocenters. The molecule has 1 saturated heterocycles. The van der Waals surface area contributed by atoms with Crippen LogP contribution in [0.25, 0.3) is 0 Å². The Labute approximate surface area is 103 Å². The molecule has 0 bridgehead atoms. The van der Waals surface area contributed by atoms with E-state index in [4.69, 9.17) is 5.73 Å². The van der Waals surface area contributed by atoms with Gasteiger partial charge in [0.05, 0.1) is 5.75 Å². The first kappa shape index (κ1) is 13.8. The molecule has 1 heterocycles. The van der Waals surface area contributed by atoms with E-state index in [9.17, 15) is 4.79 Å². The molecular formula is C12H24N2OS. The zero-order valence-corrected chi connectivity index (χ0v) is 11.3. The molecule has 0 aromatic rings. The van der Waals surface area contributed by atoms with E-state index in [-0.39, 0.29) is 6.04 Å². The van der Waals surface area contributed by atoms with Crippen molar-refractivity contribution in [2.24, 2.45) is 11.7 Å². The minimum Gasteiger partial charge on any atom is -0.342 e. The summed E-state index contributed by atoms with van der Waals surface area (Å²) in [5, 5.41) is 0. The molecule has 2 N–H and O–H groups in total. The van der Waals surface area contributed by atoms with E-state index in [1.165, 1.54) is 0 Å². The standard InChI is InChI=1S/C12H24N2OS/c1-10-3-6-14(7-4-10)12(15)9-16-8-5-11(2)13/h10-11H,3-9,13H2,1-2H3. The molecular weight excluding hydrogens is 220 g/mol. The van der Waals surface area contributed by atoms with Gasteiger partial charge in [0.1, 0.15) is 0 Å². The van der Waals surface area contributed by atoms with E-state index in [0.29, 0.717) is 11.7 Å². The molecule has 1 atom stereocenters. The number of likely N-dealkylation sites (tertiary alicyclic amines) is 1. The highest BCUT2D eigenvalue weighted by Crippen LogP contribution is 2.17. The number of nitrogens with zero attached hydrogens (tertiary/aromatic N) is 1. The second-order valence-electron chi connectivity index (χ2n) is 4.88. The van der Waals surface area contributed by atoms with Crippen LogP contribution >= 0.6 is 11.8 Å². The van der Waals surface area contributed by atoms with Crippen molar-refractivity contribution in [3.05, 3.63) is 0 Å². The second kappa shape index (κ2) is 7.17. The summed E-state index contributed by atoms with van der Waals surface area (Å²) >= 11 is 1.71. The van der Waals surface area contributed by atoms with Crippen molar-refractivity contribution in [1.29, 1.82) is 0 Å². The Bertz CT molecular complexity index is 213. The first-order chi connectivity index (χ1) is 7.59. The number of thioether (sulfide) groups is 1. The number of hydrogen-bond acceptors (Lipinski definition) is 3. The number of carbonyl (C=O) groups is 1. The predicted molar refractivity (Wildman–Crippen MR) is 70.6 cm³/mol. The van der Waals surface area contributed by atoms with E-state index >= 15 is 0 Å². The van der Waals surface area contributed by atoms with Gasteiger partial charge in [-0.25, -0.2) is 0 Å². The van der Waals surface area contributed by atoms with Crippen LogP contribution in [0, 0.1) is 5.92 Å². The fourth-order valence-corrected chi connectivity index (χ4v) is 2.82. The summed E-state index contributed by atoms with van der Waals surface area (Å²) in [7, 11) is 0. The quantitative estimate of drug-likeness (QED) is 0.749. The highest BCUT2D eigenvalue weighted by Gasteiger charge is 2.19. The molecule has 0 aromatic heterocycles. The van der Waals surface area contributed by atoms with Gasteiger partial charge < -0.3 is 10.6 Å². The minimum atomic E-state index is 0.249. The van der Waals surface area contributed by atoms with Crippen molar-refractivity contribution in [3.8, 4) is 0 Å². The van der Waals surface area contributed by atoms with Crippen LogP contribution in [0.1, 0.15) is 33.1 Å². The van der Waals surface area contributed by atoms with Crippen LogP contribution in [-0.4, -0.2) is 41.4 Å². The van der Waals surface area contributed by atoms with Crippen LogP contribution in [0.4, 0.5) is 0 Å². The average Bonchev–Trinajstić information content (AvgIpc) is 2.25. The zero-order valence-electron chi connectivity index (χ0n) is 10.4. The molecule has 1 fully saturated rings. The maximum absolute atomic E-state index is 11.8. The summed E-state index contributed by atoms with van der Waals surface area (Å²) in [6.07, 6.45) is 3.32. The van der Waals surface area contributed by atoms with Gasteiger partial charge in [-0.2, -0.15) is 11.8 Å². The Hall–Kier alpha value is -0.220. The van der Waals surface area contributed by atoms with Gasteiger partial charge in [-0.05, 0) is 37.9 Å². The summed E-state index contributed by atoms with van der Waals surface area (Å²) < 4.78 is 0. The average molecular weight is 244 g/mol. The summed E-state index contributed by atoms with van der Waals surface area (Å²) in [4.78, 5) is 13.8. The van der Waals surface area contributed by atoms with Crippen LogP contribution < -0.4 is 5.73 Å². The molecule has 0 saturated carbocycles. The van der Waals surface area contributed by atoms with Crippen molar-refractivity contribution >= 4 is 17.7 Å². The second-order valence-corrected chi connectivity index (χ2v) is 5.99. The maximum Gasteiger partial charge on any atom is 0.232 e. The van der Waals surface area contributed by atoms with Crippen molar-refractivity contribution in [2.75, 3.05) is 24.6 Å². The van der Waals surface area contributed by atoms with Gasteiger partial charge in [-0.1, -0.05) is 6.92 Å².